The van der Waals surface area contributed by atoms with Gasteiger partial charge in [-0.15, -0.1) is 0 Å². The SMILES string of the molecule is CON=C1CC[C@]2(C)C3C(=NOC)C[C@@]4(C)C(CC[C@@H]4C(C)=NOC)C3CC[C@@H]2C1. The van der Waals surface area contributed by atoms with Crippen LogP contribution in [0.25, 0.3) is 0 Å². The van der Waals surface area contributed by atoms with Crippen LogP contribution in [-0.4, -0.2) is 38.5 Å². The molecule has 0 aromatic carbocycles. The highest BCUT2D eigenvalue weighted by Gasteiger charge is 2.63. The monoisotopic (exact) mass is 417 g/mol. The Morgan fingerprint density at radius 2 is 1.70 bits per heavy atom. The second-order valence-corrected chi connectivity index (χ2v) is 10.6. The van der Waals surface area contributed by atoms with Crippen molar-refractivity contribution in [2.24, 2.45) is 55.9 Å². The Balaban J connectivity index is 1.69. The van der Waals surface area contributed by atoms with Crippen LogP contribution in [0.15, 0.2) is 15.5 Å². The molecule has 0 heterocycles. The molecule has 0 radical (unpaired) electrons. The predicted molar refractivity (Wildman–Crippen MR) is 120 cm³/mol. The second-order valence-electron chi connectivity index (χ2n) is 10.6. The summed E-state index contributed by atoms with van der Waals surface area (Å²) in [5.41, 5.74) is 4.11. The number of rotatable bonds is 4. The van der Waals surface area contributed by atoms with Gasteiger partial charge in [0.05, 0.1) is 17.1 Å². The van der Waals surface area contributed by atoms with Gasteiger partial charge in [0.2, 0.25) is 0 Å². The van der Waals surface area contributed by atoms with Gasteiger partial charge in [0.1, 0.15) is 21.3 Å². The van der Waals surface area contributed by atoms with Crippen LogP contribution in [0.2, 0.25) is 0 Å². The molecule has 30 heavy (non-hydrogen) atoms. The maximum absolute atomic E-state index is 5.44. The minimum Gasteiger partial charge on any atom is -0.399 e. The van der Waals surface area contributed by atoms with Gasteiger partial charge in [0, 0.05) is 11.8 Å². The quantitative estimate of drug-likeness (QED) is 0.461. The van der Waals surface area contributed by atoms with Crippen molar-refractivity contribution in [2.75, 3.05) is 21.3 Å². The summed E-state index contributed by atoms with van der Waals surface area (Å²) < 4.78 is 0. The fraction of sp³-hybridized carbons (Fsp3) is 0.875. The number of hydrogen-bond donors (Lipinski definition) is 0. The van der Waals surface area contributed by atoms with Crippen LogP contribution in [0.3, 0.4) is 0 Å². The van der Waals surface area contributed by atoms with Gasteiger partial charge in [-0.25, -0.2) is 0 Å². The Bertz CT molecular complexity index is 748. The molecule has 0 N–H and O–H groups in total. The van der Waals surface area contributed by atoms with Crippen LogP contribution in [0.4, 0.5) is 0 Å². The van der Waals surface area contributed by atoms with E-state index in [-0.39, 0.29) is 10.8 Å². The van der Waals surface area contributed by atoms with Crippen LogP contribution >= 0.6 is 0 Å². The Hall–Kier alpha value is -1.59. The number of fused-ring (bicyclic) bond motifs is 5. The van der Waals surface area contributed by atoms with Gasteiger partial charge in [-0.05, 0) is 86.9 Å². The zero-order valence-corrected chi connectivity index (χ0v) is 19.6. The molecule has 0 spiro atoms. The van der Waals surface area contributed by atoms with Crippen molar-refractivity contribution in [3.05, 3.63) is 0 Å². The minimum atomic E-state index is 0.186. The molecule has 0 aromatic rings. The van der Waals surface area contributed by atoms with Crippen LogP contribution in [0, 0.1) is 40.4 Å². The molecule has 6 nitrogen and oxygen atoms in total. The summed E-state index contributed by atoms with van der Waals surface area (Å²) >= 11 is 0. The van der Waals surface area contributed by atoms with Gasteiger partial charge >= 0.3 is 0 Å². The summed E-state index contributed by atoms with van der Waals surface area (Å²) in [4.78, 5) is 15.7. The lowest BCUT2D eigenvalue weighted by Gasteiger charge is -2.60. The molecule has 0 aliphatic heterocycles. The van der Waals surface area contributed by atoms with Crippen LogP contribution < -0.4 is 0 Å². The topological polar surface area (TPSA) is 64.8 Å². The molecule has 4 aliphatic carbocycles. The molecule has 4 rings (SSSR count). The van der Waals surface area contributed by atoms with E-state index in [1.807, 2.05) is 0 Å². The lowest BCUT2D eigenvalue weighted by molar-refractivity contribution is -0.0432. The van der Waals surface area contributed by atoms with E-state index < -0.39 is 0 Å². The third-order valence-corrected chi connectivity index (χ3v) is 9.37. The lowest BCUT2D eigenvalue weighted by atomic mass is 9.44. The second kappa shape index (κ2) is 8.16. The van der Waals surface area contributed by atoms with E-state index in [2.05, 4.69) is 31.1 Å². The van der Waals surface area contributed by atoms with Gasteiger partial charge in [0.25, 0.3) is 0 Å². The average Bonchev–Trinajstić information content (AvgIpc) is 3.05. The summed E-state index contributed by atoms with van der Waals surface area (Å²) in [7, 11) is 5.01. The molecule has 0 bridgehead atoms. The van der Waals surface area contributed by atoms with E-state index >= 15 is 0 Å². The summed E-state index contributed by atoms with van der Waals surface area (Å²) in [6.45, 7) is 7.14. The van der Waals surface area contributed by atoms with E-state index in [0.29, 0.717) is 23.7 Å². The number of hydrogen-bond acceptors (Lipinski definition) is 6. The third-order valence-electron chi connectivity index (χ3n) is 9.37. The van der Waals surface area contributed by atoms with E-state index in [9.17, 15) is 0 Å². The standard InChI is InChI=1S/C24H39N3O3/c1-15(25-28-4)19-9-10-20-18-8-7-16-13-17(26-29-5)11-12-23(16,2)22(18)21(27-30-6)14-24(19,20)3/h16,18-20,22H,7-14H2,1-6H3/t16-,18?,19-,20?,22?,23+,24-/m1/s1. The highest BCUT2D eigenvalue weighted by Crippen LogP contribution is 2.66. The predicted octanol–water partition coefficient (Wildman–Crippen LogP) is 5.28. The normalized spacial score (nSPS) is 46.2. The van der Waals surface area contributed by atoms with Crippen molar-refractivity contribution in [3.63, 3.8) is 0 Å². The van der Waals surface area contributed by atoms with Crippen molar-refractivity contribution in [2.45, 2.75) is 72.1 Å². The molecular formula is C24H39N3O3. The van der Waals surface area contributed by atoms with E-state index in [0.717, 1.165) is 30.9 Å². The van der Waals surface area contributed by atoms with Crippen molar-refractivity contribution < 1.29 is 14.5 Å². The van der Waals surface area contributed by atoms with Crippen molar-refractivity contribution in [1.82, 2.24) is 0 Å². The molecule has 0 saturated heterocycles. The smallest absolute Gasteiger partial charge is 0.106 e. The molecule has 0 amide bonds. The maximum Gasteiger partial charge on any atom is 0.106 e. The van der Waals surface area contributed by atoms with Crippen molar-refractivity contribution in [3.8, 4) is 0 Å². The summed E-state index contributed by atoms with van der Waals surface area (Å²) in [6, 6.07) is 0. The molecule has 168 valence electrons. The van der Waals surface area contributed by atoms with Crippen LogP contribution in [0.5, 0.6) is 0 Å². The molecule has 3 unspecified atom stereocenters. The highest BCUT2D eigenvalue weighted by molar-refractivity contribution is 5.92. The average molecular weight is 418 g/mol. The molecule has 4 aliphatic rings. The summed E-state index contributed by atoms with van der Waals surface area (Å²) in [5, 5.41) is 13.4. The van der Waals surface area contributed by atoms with Gasteiger partial charge < -0.3 is 14.5 Å². The van der Waals surface area contributed by atoms with Crippen molar-refractivity contribution >= 4 is 17.1 Å². The highest BCUT2D eigenvalue weighted by atomic mass is 16.6. The summed E-state index contributed by atoms with van der Waals surface area (Å²) in [5.74, 6) is 3.03. The number of oxime groups is 3. The minimum absolute atomic E-state index is 0.186. The Morgan fingerprint density at radius 1 is 0.933 bits per heavy atom. The first-order valence-electron chi connectivity index (χ1n) is 11.7. The molecular weight excluding hydrogens is 378 g/mol. The first-order valence-corrected chi connectivity index (χ1v) is 11.7. The molecule has 7 atom stereocenters. The first-order chi connectivity index (χ1) is 14.4. The van der Waals surface area contributed by atoms with E-state index in [1.165, 1.54) is 43.5 Å². The molecule has 4 saturated carbocycles. The lowest BCUT2D eigenvalue weighted by Crippen LogP contribution is -2.57. The number of nitrogens with zero attached hydrogens (tertiary/aromatic N) is 3. The third kappa shape index (κ3) is 3.25. The van der Waals surface area contributed by atoms with E-state index in [1.54, 1.807) is 21.3 Å². The largest absolute Gasteiger partial charge is 0.399 e. The maximum atomic E-state index is 5.44. The fourth-order valence-corrected chi connectivity index (χ4v) is 8.22. The van der Waals surface area contributed by atoms with E-state index in [4.69, 9.17) is 19.7 Å². The first kappa shape index (κ1) is 21.6. The van der Waals surface area contributed by atoms with Crippen LogP contribution in [0.1, 0.15) is 72.1 Å². The molecule has 0 aromatic heterocycles. The van der Waals surface area contributed by atoms with Gasteiger partial charge in [0.15, 0.2) is 0 Å². The zero-order chi connectivity index (χ0) is 21.5. The fourth-order valence-electron chi connectivity index (χ4n) is 8.22. The Labute approximate surface area is 181 Å². The Kier molecular flexibility index (Phi) is 5.88. The summed E-state index contributed by atoms with van der Waals surface area (Å²) in [6.07, 6.45) is 9.33. The Morgan fingerprint density at radius 3 is 2.40 bits per heavy atom. The zero-order valence-electron chi connectivity index (χ0n) is 19.6. The molecule has 6 heteroatoms. The van der Waals surface area contributed by atoms with Gasteiger partial charge in [-0.2, -0.15) is 0 Å². The molecule has 4 fully saturated rings. The van der Waals surface area contributed by atoms with Crippen molar-refractivity contribution in [1.29, 1.82) is 0 Å². The van der Waals surface area contributed by atoms with Crippen LogP contribution in [-0.2, 0) is 14.5 Å². The van der Waals surface area contributed by atoms with Gasteiger partial charge in [-0.3, -0.25) is 0 Å². The van der Waals surface area contributed by atoms with Gasteiger partial charge in [-0.1, -0.05) is 29.3 Å².